The molecule has 1 aliphatic heterocycles. The minimum atomic E-state index is -1.23. The minimum Gasteiger partial charge on any atom is -0.497 e. The average Bonchev–Trinajstić information content (AvgIpc) is 3.31. The van der Waals surface area contributed by atoms with Gasteiger partial charge in [-0.15, -0.1) is 0 Å². The lowest BCUT2D eigenvalue weighted by Crippen LogP contribution is -2.55. The van der Waals surface area contributed by atoms with E-state index >= 15 is 0 Å². The molecule has 0 saturated heterocycles. The highest BCUT2D eigenvalue weighted by atomic mass is 79.9. The number of benzene rings is 3. The van der Waals surface area contributed by atoms with Crippen LogP contribution in [0.4, 0.5) is 0 Å². The average molecular weight is 613 g/mol. The number of nitrogens with one attached hydrogen (secondary N) is 2. The van der Waals surface area contributed by atoms with E-state index in [9.17, 15) is 4.79 Å². The third-order valence-electron chi connectivity index (χ3n) is 6.65. The summed E-state index contributed by atoms with van der Waals surface area (Å²) in [6, 6.07) is 20.6. The van der Waals surface area contributed by atoms with Gasteiger partial charge in [-0.3, -0.25) is 10.2 Å². The summed E-state index contributed by atoms with van der Waals surface area (Å²) in [6.45, 7) is 2.69. The predicted octanol–water partition coefficient (Wildman–Crippen LogP) is 4.20. The van der Waals surface area contributed by atoms with Gasteiger partial charge in [-0.05, 0) is 60.5 Å². The number of hydrogen-bond donors (Lipinski definition) is 3. The number of carbonyl (C=O) groups excluding carboxylic acids is 1. The second-order valence-corrected chi connectivity index (χ2v) is 10.2. The maximum atomic E-state index is 13.8. The van der Waals surface area contributed by atoms with Gasteiger partial charge in [0.1, 0.15) is 23.4 Å². The van der Waals surface area contributed by atoms with E-state index in [0.29, 0.717) is 49.1 Å². The molecule has 0 radical (unpaired) electrons. The van der Waals surface area contributed by atoms with E-state index in [2.05, 4.69) is 26.8 Å². The van der Waals surface area contributed by atoms with Crippen molar-refractivity contribution in [2.24, 2.45) is 4.99 Å². The van der Waals surface area contributed by atoms with E-state index in [-0.39, 0.29) is 12.5 Å². The van der Waals surface area contributed by atoms with Crippen LogP contribution in [0.25, 0.3) is 0 Å². The Morgan fingerprint density at radius 3 is 2.40 bits per heavy atom. The van der Waals surface area contributed by atoms with Gasteiger partial charge in [-0.2, -0.15) is 0 Å². The summed E-state index contributed by atoms with van der Waals surface area (Å²) in [5.74, 6) is 2.06. The van der Waals surface area contributed by atoms with E-state index < -0.39 is 11.6 Å². The second-order valence-electron chi connectivity index (χ2n) is 9.35. The molecule has 10 heteroatoms. The van der Waals surface area contributed by atoms with Gasteiger partial charge in [0.15, 0.2) is 5.54 Å². The van der Waals surface area contributed by atoms with Gasteiger partial charge in [-0.25, -0.2) is 10.4 Å². The monoisotopic (exact) mass is 611 g/mol. The molecule has 0 aliphatic carbocycles. The Labute approximate surface area is 242 Å². The summed E-state index contributed by atoms with van der Waals surface area (Å²) in [6.07, 6.45) is 0.331. The Morgan fingerprint density at radius 1 is 1.05 bits per heavy atom. The number of hydrogen-bond acceptors (Lipinski definition) is 8. The van der Waals surface area contributed by atoms with Crippen LogP contribution in [-0.2, 0) is 22.5 Å². The van der Waals surface area contributed by atoms with Crippen LogP contribution >= 0.6 is 15.9 Å². The molecule has 0 aromatic heterocycles. The number of methoxy groups -OCH3 is 2. The first-order valence-corrected chi connectivity index (χ1v) is 13.8. The van der Waals surface area contributed by atoms with Crippen LogP contribution in [0.3, 0.4) is 0 Å². The molecule has 1 aliphatic rings. The number of rotatable bonds is 13. The highest BCUT2D eigenvalue weighted by molar-refractivity contribution is 9.10. The topological polar surface area (TPSA) is 111 Å². The third-order valence-corrected chi connectivity index (χ3v) is 7.42. The van der Waals surface area contributed by atoms with E-state index in [1.165, 1.54) is 0 Å². The maximum Gasteiger partial charge on any atom is 0.266 e. The van der Waals surface area contributed by atoms with E-state index in [1.807, 2.05) is 67.6 Å². The molecule has 4 rings (SSSR count). The summed E-state index contributed by atoms with van der Waals surface area (Å²) in [5, 5.41) is 8.97. The zero-order valence-corrected chi connectivity index (χ0v) is 24.4. The molecule has 0 bridgehead atoms. The molecule has 3 N–H and O–H groups in total. The van der Waals surface area contributed by atoms with Crippen molar-refractivity contribution in [3.05, 3.63) is 87.9 Å². The van der Waals surface area contributed by atoms with E-state index in [4.69, 9.17) is 29.0 Å². The van der Waals surface area contributed by atoms with Crippen molar-refractivity contribution in [2.45, 2.75) is 38.0 Å². The first-order chi connectivity index (χ1) is 19.4. The quantitative estimate of drug-likeness (QED) is 0.196. The summed E-state index contributed by atoms with van der Waals surface area (Å²) in [7, 11) is 3.18. The lowest BCUT2D eigenvalue weighted by atomic mass is 9.86. The minimum absolute atomic E-state index is 0.0743. The summed E-state index contributed by atoms with van der Waals surface area (Å²) in [5.41, 5.74) is 7.20. The van der Waals surface area contributed by atoms with Crippen molar-refractivity contribution in [3.63, 3.8) is 0 Å². The Balaban J connectivity index is 1.56. The van der Waals surface area contributed by atoms with Gasteiger partial charge in [-0.1, -0.05) is 34.1 Å². The molecule has 3 aromatic carbocycles. The van der Waals surface area contributed by atoms with Crippen LogP contribution in [0.5, 0.6) is 17.2 Å². The lowest BCUT2D eigenvalue weighted by molar-refractivity contribution is -0.129. The number of ether oxygens (including phenoxy) is 4. The number of carbonyl (C=O) groups is 1. The van der Waals surface area contributed by atoms with Gasteiger partial charge in [0.2, 0.25) is 5.90 Å². The Hall–Kier alpha value is -3.60. The fraction of sp³-hybridized carbons (Fsp3) is 0.333. The number of nitrogens with zero attached hydrogens (tertiary/aromatic N) is 1. The molecule has 212 valence electrons. The fourth-order valence-corrected chi connectivity index (χ4v) is 4.80. The molecule has 0 fully saturated rings. The standard InChI is InChI=1S/C30H34BrN3O6/c1-20-30(18-23-7-4-5-8-27(23)31,29(36)34-32-19-21-15-25(37-2)17-26(16-21)38-3)33-28(40-20)22-9-11-24(12-10-22)39-14-6-13-35/h4-5,7-12,15-17,20,32,35H,6,13-14,18-19H2,1-3H3,(H,34,36)/t20-,30-/m0/s1. The zero-order valence-electron chi connectivity index (χ0n) is 22.8. The van der Waals surface area contributed by atoms with Crippen LogP contribution in [0, 0.1) is 0 Å². The van der Waals surface area contributed by atoms with Gasteiger partial charge in [0.05, 0.1) is 20.8 Å². The van der Waals surface area contributed by atoms with Crippen molar-refractivity contribution in [1.82, 2.24) is 10.9 Å². The Bertz CT molecular complexity index is 1310. The van der Waals surface area contributed by atoms with Gasteiger partial charge in [0.25, 0.3) is 5.91 Å². The molecule has 40 heavy (non-hydrogen) atoms. The zero-order chi connectivity index (χ0) is 28.5. The molecule has 9 nitrogen and oxygen atoms in total. The number of amides is 1. The summed E-state index contributed by atoms with van der Waals surface area (Å²) < 4.78 is 23.4. The smallest absolute Gasteiger partial charge is 0.266 e. The molecule has 3 aromatic rings. The largest absolute Gasteiger partial charge is 0.497 e. The SMILES string of the molecule is COc1cc(CNNC(=O)[C@@]2(Cc3ccccc3Br)N=C(c3ccc(OCCCO)cc3)O[C@H]2C)cc(OC)c1. The van der Waals surface area contributed by atoms with E-state index in [1.54, 1.807) is 20.3 Å². The molecular weight excluding hydrogens is 578 g/mol. The highest BCUT2D eigenvalue weighted by Crippen LogP contribution is 2.34. The maximum absolute atomic E-state index is 13.8. The third kappa shape index (κ3) is 6.93. The number of halogens is 1. The number of aliphatic imine (C=N–C) groups is 1. The molecule has 1 heterocycles. The predicted molar refractivity (Wildman–Crippen MR) is 156 cm³/mol. The van der Waals surface area contributed by atoms with Crippen molar-refractivity contribution < 1.29 is 28.8 Å². The summed E-state index contributed by atoms with van der Waals surface area (Å²) in [4.78, 5) is 18.7. The van der Waals surface area contributed by atoms with Crippen LogP contribution in [-0.4, -0.2) is 56.0 Å². The lowest BCUT2D eigenvalue weighted by Gasteiger charge is -2.28. The normalized spacial score (nSPS) is 18.0. The molecule has 0 spiro atoms. The second kappa shape index (κ2) is 13.6. The van der Waals surface area contributed by atoms with E-state index in [0.717, 1.165) is 21.2 Å². The molecule has 0 saturated carbocycles. The number of hydrazine groups is 1. The fourth-order valence-electron chi connectivity index (χ4n) is 4.38. The highest BCUT2D eigenvalue weighted by Gasteiger charge is 2.50. The van der Waals surface area contributed by atoms with Gasteiger partial charge in [0, 0.05) is 42.1 Å². The van der Waals surface area contributed by atoms with Gasteiger partial charge < -0.3 is 24.1 Å². The van der Waals surface area contributed by atoms with Crippen LogP contribution in [0.15, 0.2) is 76.2 Å². The molecular formula is C30H34BrN3O6. The summed E-state index contributed by atoms with van der Waals surface area (Å²) >= 11 is 3.61. The van der Waals surface area contributed by atoms with Crippen molar-refractivity contribution >= 4 is 27.7 Å². The van der Waals surface area contributed by atoms with Crippen LogP contribution < -0.4 is 25.1 Å². The Morgan fingerprint density at radius 2 is 1.75 bits per heavy atom. The number of aliphatic hydroxyl groups is 1. The number of aliphatic hydroxyl groups excluding tert-OH is 1. The van der Waals surface area contributed by atoms with Crippen molar-refractivity contribution in [1.29, 1.82) is 0 Å². The van der Waals surface area contributed by atoms with Gasteiger partial charge >= 0.3 is 0 Å². The molecule has 2 atom stereocenters. The molecule has 1 amide bonds. The molecule has 0 unspecified atom stereocenters. The first kappa shape index (κ1) is 29.4. The Kier molecular flexibility index (Phi) is 10.0. The van der Waals surface area contributed by atoms with Crippen LogP contribution in [0.1, 0.15) is 30.0 Å². The van der Waals surface area contributed by atoms with Crippen molar-refractivity contribution in [2.75, 3.05) is 27.4 Å². The van der Waals surface area contributed by atoms with Crippen molar-refractivity contribution in [3.8, 4) is 17.2 Å². The first-order valence-electron chi connectivity index (χ1n) is 13.0. The van der Waals surface area contributed by atoms with Crippen LogP contribution in [0.2, 0.25) is 0 Å².